The van der Waals surface area contributed by atoms with E-state index in [2.05, 4.69) is 118 Å². The Morgan fingerprint density at radius 2 is 0.790 bits per heavy atom. The maximum absolute atomic E-state index is 9.16. The van der Waals surface area contributed by atoms with Crippen LogP contribution in [-0.2, 0) is 0 Å². The molecule has 0 bridgehead atoms. The van der Waals surface area contributed by atoms with Crippen molar-refractivity contribution in [3.05, 3.63) is 230 Å². The van der Waals surface area contributed by atoms with Gasteiger partial charge in [0.25, 0.3) is 0 Å². The number of aromatic nitrogens is 4. The topological polar surface area (TPSA) is 35.6 Å². The van der Waals surface area contributed by atoms with Crippen LogP contribution in [0.1, 0.15) is 6.85 Å². The van der Waals surface area contributed by atoms with E-state index >= 15 is 0 Å². The van der Waals surface area contributed by atoms with Crippen molar-refractivity contribution in [3.8, 4) is 67.5 Å². The van der Waals surface area contributed by atoms with Crippen LogP contribution in [0.25, 0.3) is 111 Å². The van der Waals surface area contributed by atoms with Crippen LogP contribution in [0.2, 0.25) is 0 Å². The molecule has 0 saturated heterocycles. The van der Waals surface area contributed by atoms with Crippen LogP contribution in [0.5, 0.6) is 0 Å². The van der Waals surface area contributed by atoms with Gasteiger partial charge < -0.3 is 9.13 Å². The molecule has 62 heavy (non-hydrogen) atoms. The maximum Gasteiger partial charge on any atom is 0.160 e. The van der Waals surface area contributed by atoms with Gasteiger partial charge in [-0.1, -0.05) is 176 Å². The number of rotatable bonds is 7. The summed E-state index contributed by atoms with van der Waals surface area (Å²) in [7, 11) is 0. The Morgan fingerprint density at radius 1 is 0.306 bits per heavy atom. The second-order valence-corrected chi connectivity index (χ2v) is 15.5. The normalized spacial score (nSPS) is 12.7. The predicted molar refractivity (Wildman–Crippen MR) is 258 cm³/mol. The van der Waals surface area contributed by atoms with Crippen molar-refractivity contribution < 1.29 is 6.85 Å². The molecule has 12 aromatic rings. The van der Waals surface area contributed by atoms with E-state index in [0.29, 0.717) is 22.6 Å². The molecule has 0 atom stereocenters. The molecule has 0 saturated carbocycles. The smallest absolute Gasteiger partial charge is 0.160 e. The van der Waals surface area contributed by atoms with Gasteiger partial charge in [0.15, 0.2) is 5.82 Å². The van der Waals surface area contributed by atoms with E-state index in [1.807, 2.05) is 91.0 Å². The third-order valence-corrected chi connectivity index (χ3v) is 11.8. The fourth-order valence-electron chi connectivity index (χ4n) is 8.93. The first-order valence-corrected chi connectivity index (χ1v) is 20.7. The van der Waals surface area contributed by atoms with Gasteiger partial charge in [-0.15, -0.1) is 0 Å². The summed E-state index contributed by atoms with van der Waals surface area (Å²) in [6.45, 7) is 0. The van der Waals surface area contributed by atoms with Gasteiger partial charge in [0.2, 0.25) is 0 Å². The molecule has 290 valence electrons. The average molecular weight is 796 g/mol. The summed E-state index contributed by atoms with van der Waals surface area (Å²) in [6.07, 6.45) is 0. The summed E-state index contributed by atoms with van der Waals surface area (Å²) >= 11 is 0. The number of nitrogens with zero attached hydrogens (tertiary/aromatic N) is 4. The third-order valence-electron chi connectivity index (χ3n) is 11.8. The van der Waals surface area contributed by atoms with E-state index in [9.17, 15) is 0 Å². The zero-order valence-electron chi connectivity index (χ0n) is 38.3. The monoisotopic (exact) mass is 795 g/mol. The molecule has 0 aliphatic heterocycles. The van der Waals surface area contributed by atoms with Crippen molar-refractivity contribution >= 4 is 43.6 Å². The number of hydrogen-bond acceptors (Lipinski definition) is 2. The van der Waals surface area contributed by atoms with E-state index in [0.717, 1.165) is 72.2 Å². The first kappa shape index (κ1) is 30.7. The van der Waals surface area contributed by atoms with E-state index in [1.165, 1.54) is 10.8 Å². The fraction of sp³-hybridized carbons (Fsp3) is 0. The lowest BCUT2D eigenvalue weighted by atomic mass is 9.99. The standard InChI is InChI=1S/C58H38N4/c1-4-16-39(17-5-1)41-28-30-43(31-29-41)58-59-52(42-20-8-3-9-21-42)38-53(60-58)45-34-44(40-18-6-2-7-19-40)35-47(36-45)62-56-27-15-12-24-50(56)51-33-32-46(37-57(51)62)61-54-25-13-10-22-48(54)49-23-11-14-26-55(49)61/h1-38H/i2D,6D,7D,18D,19D. The van der Waals surface area contributed by atoms with Gasteiger partial charge in [-0.3, -0.25) is 0 Å². The number of para-hydroxylation sites is 3. The summed E-state index contributed by atoms with van der Waals surface area (Å²) < 4.78 is 48.7. The Hall–Kier alpha value is -8.34. The lowest BCUT2D eigenvalue weighted by Gasteiger charge is -2.15. The van der Waals surface area contributed by atoms with Crippen molar-refractivity contribution in [1.82, 2.24) is 19.1 Å². The number of benzene rings is 9. The summed E-state index contributed by atoms with van der Waals surface area (Å²) in [5.74, 6) is 0.526. The minimum atomic E-state index is -0.443. The Bertz CT molecular complexity index is 3830. The number of fused-ring (bicyclic) bond motifs is 6. The van der Waals surface area contributed by atoms with Crippen LogP contribution in [0, 0.1) is 0 Å². The molecule has 0 amide bonds. The molecule has 3 aromatic heterocycles. The Balaban J connectivity index is 1.13. The van der Waals surface area contributed by atoms with Gasteiger partial charge in [-0.2, -0.15) is 0 Å². The Kier molecular flexibility index (Phi) is 7.29. The van der Waals surface area contributed by atoms with Crippen LogP contribution >= 0.6 is 0 Å². The Morgan fingerprint density at radius 3 is 1.42 bits per heavy atom. The molecule has 12 rings (SSSR count). The van der Waals surface area contributed by atoms with Gasteiger partial charge in [0, 0.05) is 49.6 Å². The zero-order chi connectivity index (χ0) is 45.3. The Labute approximate surface area is 366 Å². The minimum Gasteiger partial charge on any atom is -0.309 e. The minimum absolute atomic E-state index is 0.106. The lowest BCUT2D eigenvalue weighted by Crippen LogP contribution is -1.99. The molecule has 3 heterocycles. The first-order chi connectivity index (χ1) is 32.8. The van der Waals surface area contributed by atoms with Crippen LogP contribution in [0.4, 0.5) is 0 Å². The van der Waals surface area contributed by atoms with Gasteiger partial charge >= 0.3 is 0 Å². The van der Waals surface area contributed by atoms with Crippen molar-refractivity contribution in [1.29, 1.82) is 0 Å². The second kappa shape index (κ2) is 14.7. The second-order valence-electron chi connectivity index (χ2n) is 15.5. The largest absolute Gasteiger partial charge is 0.309 e. The van der Waals surface area contributed by atoms with Crippen molar-refractivity contribution in [2.75, 3.05) is 0 Å². The van der Waals surface area contributed by atoms with Gasteiger partial charge in [0.05, 0.1) is 40.3 Å². The molecular formula is C58H38N4. The molecule has 4 heteroatoms. The summed E-state index contributed by atoms with van der Waals surface area (Å²) in [4.78, 5) is 10.4. The zero-order valence-corrected chi connectivity index (χ0v) is 33.3. The van der Waals surface area contributed by atoms with Crippen molar-refractivity contribution in [3.63, 3.8) is 0 Å². The molecule has 0 radical (unpaired) electrons. The van der Waals surface area contributed by atoms with Gasteiger partial charge in [-0.25, -0.2) is 9.97 Å². The van der Waals surface area contributed by atoms with E-state index in [1.54, 1.807) is 0 Å². The molecule has 0 aliphatic rings. The van der Waals surface area contributed by atoms with Crippen molar-refractivity contribution in [2.24, 2.45) is 0 Å². The quantitative estimate of drug-likeness (QED) is 0.161. The fourth-order valence-corrected chi connectivity index (χ4v) is 8.93. The predicted octanol–water partition coefficient (Wildman–Crippen LogP) is 15.0. The summed E-state index contributed by atoms with van der Waals surface area (Å²) in [5, 5.41) is 4.43. The molecule has 0 spiro atoms. The maximum atomic E-state index is 9.16. The highest BCUT2D eigenvalue weighted by molar-refractivity contribution is 6.12. The van der Waals surface area contributed by atoms with E-state index in [-0.39, 0.29) is 17.6 Å². The van der Waals surface area contributed by atoms with Crippen LogP contribution in [0.3, 0.4) is 0 Å². The highest BCUT2D eigenvalue weighted by Crippen LogP contribution is 2.39. The SMILES string of the molecule is [2H]c1c([2H])c([2H])c(-c2cc(-c3cc(-c4ccccc4)nc(-c4ccc(-c5ccccc5)cc4)n3)cc(-n3c4ccccc4c4ccc(-n5c6ccccc6c6ccccc65)cc43)c2)c([2H])c1[2H]. The van der Waals surface area contributed by atoms with Crippen LogP contribution < -0.4 is 0 Å². The highest BCUT2D eigenvalue weighted by Gasteiger charge is 2.19. The summed E-state index contributed by atoms with van der Waals surface area (Å²) in [5.41, 5.74) is 12.3. The molecule has 0 N–H and O–H groups in total. The van der Waals surface area contributed by atoms with E-state index in [4.69, 9.17) is 16.8 Å². The van der Waals surface area contributed by atoms with Gasteiger partial charge in [-0.05, 0) is 76.9 Å². The molecule has 9 aromatic carbocycles. The third kappa shape index (κ3) is 6.08. The molecule has 4 nitrogen and oxygen atoms in total. The molecule has 0 fully saturated rings. The number of hydrogen-bond donors (Lipinski definition) is 0. The van der Waals surface area contributed by atoms with Crippen LogP contribution in [0.15, 0.2) is 230 Å². The van der Waals surface area contributed by atoms with Gasteiger partial charge in [0.1, 0.15) is 0 Å². The highest BCUT2D eigenvalue weighted by atomic mass is 15.0. The molecular weight excluding hydrogens is 753 g/mol. The lowest BCUT2D eigenvalue weighted by molar-refractivity contribution is 1.15. The van der Waals surface area contributed by atoms with Crippen molar-refractivity contribution in [2.45, 2.75) is 0 Å². The average Bonchev–Trinajstić information content (AvgIpc) is 3.90. The first-order valence-electron chi connectivity index (χ1n) is 23.2. The summed E-state index contributed by atoms with van der Waals surface area (Å²) in [6, 6.07) is 66.3. The molecule has 0 aliphatic carbocycles. The van der Waals surface area contributed by atoms with E-state index < -0.39 is 18.1 Å². The van der Waals surface area contributed by atoms with Crippen LogP contribution in [-0.4, -0.2) is 19.1 Å². The molecule has 0 unspecified atom stereocenters.